The van der Waals surface area contributed by atoms with Gasteiger partial charge in [-0.3, -0.25) is 4.79 Å². The number of Topliss-reactive ketones (excluding diaryl/α,β-unsaturated/α-hetero) is 1. The molecule has 94 valence electrons. The van der Waals surface area contributed by atoms with Gasteiger partial charge in [0.1, 0.15) is 17.4 Å². The second-order valence-corrected chi connectivity index (χ2v) is 5.32. The van der Waals surface area contributed by atoms with Crippen molar-refractivity contribution in [3.8, 4) is 0 Å². The van der Waals surface area contributed by atoms with Crippen LogP contribution in [0.3, 0.4) is 0 Å². The maximum Gasteiger partial charge on any atom is 0.143 e. The Bertz CT molecular complexity index is 416. The zero-order chi connectivity index (χ0) is 13.0. The molecule has 0 aliphatic rings. The third-order valence-electron chi connectivity index (χ3n) is 2.51. The van der Waals surface area contributed by atoms with Crippen molar-refractivity contribution in [2.24, 2.45) is 5.92 Å². The van der Waals surface area contributed by atoms with E-state index in [4.69, 9.17) is 0 Å². The van der Waals surface area contributed by atoms with Gasteiger partial charge >= 0.3 is 0 Å². The van der Waals surface area contributed by atoms with Crippen molar-refractivity contribution >= 4 is 21.7 Å². The lowest BCUT2D eigenvalue weighted by Gasteiger charge is -2.07. The van der Waals surface area contributed by atoms with E-state index in [1.54, 1.807) is 0 Å². The van der Waals surface area contributed by atoms with Crippen molar-refractivity contribution in [2.75, 3.05) is 0 Å². The molecule has 1 aromatic carbocycles. The van der Waals surface area contributed by atoms with Crippen LogP contribution in [-0.2, 0) is 11.2 Å². The molecule has 0 heterocycles. The summed E-state index contributed by atoms with van der Waals surface area (Å²) >= 11 is 2.98. The Balaban J connectivity index is 2.74. The highest BCUT2D eigenvalue weighted by molar-refractivity contribution is 9.10. The maximum atomic E-state index is 13.6. The Labute approximate surface area is 108 Å². The van der Waals surface area contributed by atoms with E-state index in [2.05, 4.69) is 15.9 Å². The maximum absolute atomic E-state index is 13.6. The number of hydrogen-bond acceptors (Lipinski definition) is 1. The molecule has 17 heavy (non-hydrogen) atoms. The molecule has 0 saturated carbocycles. The van der Waals surface area contributed by atoms with Gasteiger partial charge in [0.15, 0.2) is 0 Å². The minimum Gasteiger partial charge on any atom is -0.299 e. The van der Waals surface area contributed by atoms with Gasteiger partial charge in [-0.15, -0.1) is 0 Å². The third kappa shape index (κ3) is 4.19. The van der Waals surface area contributed by atoms with Gasteiger partial charge in [0.25, 0.3) is 0 Å². The molecule has 0 spiro atoms. The number of ketones is 1. The van der Waals surface area contributed by atoms with E-state index in [9.17, 15) is 13.6 Å². The van der Waals surface area contributed by atoms with Gasteiger partial charge in [0.05, 0.1) is 4.47 Å². The molecule has 4 heteroatoms. The predicted molar refractivity (Wildman–Crippen MR) is 66.8 cm³/mol. The molecule has 0 radical (unpaired) electrons. The molecule has 0 fully saturated rings. The van der Waals surface area contributed by atoms with E-state index in [0.29, 0.717) is 12.3 Å². The zero-order valence-electron chi connectivity index (χ0n) is 9.90. The quantitative estimate of drug-likeness (QED) is 0.742. The smallest absolute Gasteiger partial charge is 0.143 e. The Kier molecular flexibility index (Phi) is 5.25. The van der Waals surface area contributed by atoms with Gasteiger partial charge < -0.3 is 0 Å². The molecule has 1 rings (SSSR count). The highest BCUT2D eigenvalue weighted by atomic mass is 79.9. The van der Waals surface area contributed by atoms with Crippen molar-refractivity contribution in [3.63, 3.8) is 0 Å². The monoisotopic (exact) mass is 304 g/mol. The number of rotatable bonds is 5. The van der Waals surface area contributed by atoms with Crippen molar-refractivity contribution < 1.29 is 13.6 Å². The molecule has 0 atom stereocenters. The molecule has 0 N–H and O–H groups in total. The normalized spacial score (nSPS) is 10.9. The molecule has 0 amide bonds. The summed E-state index contributed by atoms with van der Waals surface area (Å²) in [6.07, 6.45) is 0.933. The first-order valence-electron chi connectivity index (χ1n) is 5.56. The number of carbonyl (C=O) groups excluding carboxylic acids is 1. The van der Waals surface area contributed by atoms with Crippen LogP contribution in [0.4, 0.5) is 8.78 Å². The van der Waals surface area contributed by atoms with Crippen LogP contribution in [-0.4, -0.2) is 5.78 Å². The lowest BCUT2D eigenvalue weighted by atomic mass is 10.0. The van der Waals surface area contributed by atoms with E-state index in [1.807, 2.05) is 13.8 Å². The molecule has 1 aromatic rings. The highest BCUT2D eigenvalue weighted by Crippen LogP contribution is 2.22. The van der Waals surface area contributed by atoms with Crippen LogP contribution in [0.2, 0.25) is 0 Å². The van der Waals surface area contributed by atoms with Crippen LogP contribution >= 0.6 is 15.9 Å². The Morgan fingerprint density at radius 2 is 2.00 bits per heavy atom. The largest absolute Gasteiger partial charge is 0.299 e. The van der Waals surface area contributed by atoms with Gasteiger partial charge in [-0.25, -0.2) is 8.78 Å². The minimum atomic E-state index is -0.678. The lowest BCUT2D eigenvalue weighted by molar-refractivity contribution is -0.118. The molecular weight excluding hydrogens is 290 g/mol. The average molecular weight is 305 g/mol. The molecule has 0 unspecified atom stereocenters. The Morgan fingerprint density at radius 1 is 1.35 bits per heavy atom. The predicted octanol–water partition coefficient (Wildman–Crippen LogP) is 4.28. The lowest BCUT2D eigenvalue weighted by Crippen LogP contribution is -2.08. The van der Waals surface area contributed by atoms with E-state index >= 15 is 0 Å². The second-order valence-electron chi connectivity index (χ2n) is 4.47. The van der Waals surface area contributed by atoms with Gasteiger partial charge in [0, 0.05) is 18.4 Å². The summed E-state index contributed by atoms with van der Waals surface area (Å²) in [5, 5.41) is 0. The fourth-order valence-corrected chi connectivity index (χ4v) is 1.84. The topological polar surface area (TPSA) is 17.1 Å². The number of halogens is 3. The molecule has 0 bridgehead atoms. The Hall–Kier alpha value is -0.770. The summed E-state index contributed by atoms with van der Waals surface area (Å²) in [6, 6.07) is 2.46. The molecule has 0 aliphatic carbocycles. The van der Waals surface area contributed by atoms with E-state index in [1.165, 1.54) is 6.07 Å². The van der Waals surface area contributed by atoms with Crippen LogP contribution < -0.4 is 0 Å². The summed E-state index contributed by atoms with van der Waals surface area (Å²) < 4.78 is 27.1. The van der Waals surface area contributed by atoms with Gasteiger partial charge in [-0.2, -0.15) is 0 Å². The molecule has 0 aliphatic heterocycles. The van der Waals surface area contributed by atoms with Crippen molar-refractivity contribution in [2.45, 2.75) is 33.1 Å². The summed E-state index contributed by atoms with van der Waals surface area (Å²) in [7, 11) is 0. The third-order valence-corrected chi connectivity index (χ3v) is 3.13. The van der Waals surface area contributed by atoms with Gasteiger partial charge in [0.2, 0.25) is 0 Å². The molecule has 0 aromatic heterocycles. The number of benzene rings is 1. The fourth-order valence-electron chi connectivity index (χ4n) is 1.47. The van der Waals surface area contributed by atoms with Crippen LogP contribution in [0.15, 0.2) is 16.6 Å². The highest BCUT2D eigenvalue weighted by Gasteiger charge is 2.15. The van der Waals surface area contributed by atoms with E-state index in [-0.39, 0.29) is 22.2 Å². The van der Waals surface area contributed by atoms with E-state index in [0.717, 1.165) is 12.5 Å². The first kappa shape index (κ1) is 14.3. The number of hydrogen-bond donors (Lipinski definition) is 0. The first-order valence-corrected chi connectivity index (χ1v) is 6.35. The standard InChI is InChI=1S/C13H15BrF2O/c1-8(2)3-4-9(17)7-10-12(15)6-5-11(14)13(10)16/h5-6,8H,3-4,7H2,1-2H3. The summed E-state index contributed by atoms with van der Waals surface area (Å²) in [6.45, 7) is 4.01. The number of carbonyl (C=O) groups is 1. The minimum absolute atomic E-state index is 0.130. The molecule has 0 saturated heterocycles. The van der Waals surface area contributed by atoms with Crippen molar-refractivity contribution in [1.29, 1.82) is 0 Å². The van der Waals surface area contributed by atoms with Crippen LogP contribution in [0.25, 0.3) is 0 Å². The van der Waals surface area contributed by atoms with Crippen LogP contribution in [0, 0.1) is 17.6 Å². The van der Waals surface area contributed by atoms with Gasteiger partial charge in [-0.05, 0) is 40.4 Å². The SMILES string of the molecule is CC(C)CCC(=O)Cc1c(F)ccc(Br)c1F. The fraction of sp³-hybridized carbons (Fsp3) is 0.462. The van der Waals surface area contributed by atoms with Crippen molar-refractivity contribution in [1.82, 2.24) is 0 Å². The van der Waals surface area contributed by atoms with Crippen molar-refractivity contribution in [3.05, 3.63) is 33.8 Å². The summed E-state index contributed by atoms with van der Waals surface area (Å²) in [5.74, 6) is -1.06. The van der Waals surface area contributed by atoms with Gasteiger partial charge in [-0.1, -0.05) is 13.8 Å². The zero-order valence-corrected chi connectivity index (χ0v) is 11.5. The van der Waals surface area contributed by atoms with Crippen LogP contribution in [0.5, 0.6) is 0 Å². The summed E-state index contributed by atoms with van der Waals surface area (Å²) in [4.78, 5) is 11.6. The molecular formula is C13H15BrF2O. The average Bonchev–Trinajstić information content (AvgIpc) is 2.27. The van der Waals surface area contributed by atoms with E-state index < -0.39 is 11.6 Å². The Morgan fingerprint density at radius 3 is 2.59 bits per heavy atom. The first-order chi connectivity index (χ1) is 7.91. The summed E-state index contributed by atoms with van der Waals surface area (Å²) in [5.41, 5.74) is -0.145. The second kappa shape index (κ2) is 6.24. The van der Waals surface area contributed by atoms with Crippen LogP contribution in [0.1, 0.15) is 32.3 Å². The molecule has 1 nitrogen and oxygen atoms in total.